The molecule has 0 spiro atoms. The predicted molar refractivity (Wildman–Crippen MR) is 73.2 cm³/mol. The van der Waals surface area contributed by atoms with Crippen LogP contribution in [0, 0.1) is 0 Å². The van der Waals surface area contributed by atoms with E-state index in [1.807, 2.05) is 44.2 Å². The molecule has 2 heterocycles. The van der Waals surface area contributed by atoms with E-state index in [0.29, 0.717) is 17.0 Å². The second-order valence-corrected chi connectivity index (χ2v) is 4.57. The first kappa shape index (κ1) is 13.2. The largest absolute Gasteiger partial charge is 0.385 e. The molecule has 1 N–H and O–H groups in total. The third-order valence-electron chi connectivity index (χ3n) is 2.86. The summed E-state index contributed by atoms with van der Waals surface area (Å²) in [4.78, 5) is 4.17. The topological polar surface area (TPSA) is 50.9 Å². The Kier molecular flexibility index (Phi) is 4.14. The highest BCUT2D eigenvalue weighted by atomic mass is 79.9. The van der Waals surface area contributed by atoms with E-state index in [9.17, 15) is 5.11 Å². The van der Waals surface area contributed by atoms with E-state index in [2.05, 4.69) is 26.0 Å². The molecule has 0 saturated carbocycles. The van der Waals surface area contributed by atoms with Crippen molar-refractivity contribution in [3.63, 3.8) is 0 Å². The van der Waals surface area contributed by atoms with Crippen LogP contribution in [0.5, 0.6) is 0 Å². The van der Waals surface area contributed by atoms with Crippen LogP contribution in [0.25, 0.3) is 0 Å². The van der Waals surface area contributed by atoms with Gasteiger partial charge in [0.05, 0.1) is 6.04 Å². The third kappa shape index (κ3) is 2.33. The van der Waals surface area contributed by atoms with E-state index in [0.717, 1.165) is 5.56 Å². The Hall–Kier alpha value is -1.20. The van der Waals surface area contributed by atoms with E-state index in [1.54, 1.807) is 4.68 Å². The number of hydrogen-bond donors (Lipinski definition) is 1. The van der Waals surface area contributed by atoms with Gasteiger partial charge in [-0.05, 0) is 21.5 Å². The summed E-state index contributed by atoms with van der Waals surface area (Å²) >= 11 is 3.23. The number of fused-ring (bicyclic) bond motifs is 1. The maximum Gasteiger partial charge on any atom is 0.217 e. The average molecular weight is 310 g/mol. The minimum Gasteiger partial charge on any atom is -0.385 e. The summed E-state index contributed by atoms with van der Waals surface area (Å²) in [6.07, 6.45) is 0.121. The van der Waals surface area contributed by atoms with Crippen molar-refractivity contribution in [2.45, 2.75) is 32.4 Å². The van der Waals surface area contributed by atoms with E-state index in [1.165, 1.54) is 0 Å². The van der Waals surface area contributed by atoms with Gasteiger partial charge in [-0.3, -0.25) is 0 Å². The van der Waals surface area contributed by atoms with E-state index < -0.39 is 6.10 Å². The van der Waals surface area contributed by atoms with Crippen LogP contribution in [0.2, 0.25) is 0 Å². The number of aliphatic hydroxyl groups is 1. The molecule has 0 fully saturated rings. The van der Waals surface area contributed by atoms with Crippen molar-refractivity contribution in [2.75, 3.05) is 0 Å². The highest BCUT2D eigenvalue weighted by molar-refractivity contribution is 9.10. The molecule has 4 nitrogen and oxygen atoms in total. The smallest absolute Gasteiger partial charge is 0.217 e. The lowest BCUT2D eigenvalue weighted by molar-refractivity contribution is 0.172. The Bertz CT molecular complexity index is 512. The Morgan fingerprint density at radius 1 is 1.28 bits per heavy atom. The standard InChI is InChI=1S/C11H10BrN3O.C2H6/c12-11-13-10-9(16)6-8(15(10)14-11)7-4-2-1-3-5-7;1-2/h1-5,8-9,16H,6H2;1-2H3. The summed E-state index contributed by atoms with van der Waals surface area (Å²) in [6.45, 7) is 4.00. The van der Waals surface area contributed by atoms with Gasteiger partial charge in [-0.15, -0.1) is 5.10 Å². The lowest BCUT2D eigenvalue weighted by Crippen LogP contribution is -2.07. The molecule has 0 radical (unpaired) electrons. The first-order chi connectivity index (χ1) is 8.75. The van der Waals surface area contributed by atoms with Crippen LogP contribution in [0.4, 0.5) is 0 Å². The first-order valence-electron chi connectivity index (χ1n) is 6.10. The second kappa shape index (κ2) is 5.63. The van der Waals surface area contributed by atoms with Crippen molar-refractivity contribution >= 4 is 15.9 Å². The van der Waals surface area contributed by atoms with E-state index in [-0.39, 0.29) is 6.04 Å². The molecular weight excluding hydrogens is 294 g/mol. The molecule has 0 aliphatic carbocycles. The average Bonchev–Trinajstić information content (AvgIpc) is 2.93. The fraction of sp³-hybridized carbons (Fsp3) is 0.385. The molecule has 5 heteroatoms. The van der Waals surface area contributed by atoms with Crippen molar-refractivity contribution in [3.8, 4) is 0 Å². The fourth-order valence-electron chi connectivity index (χ4n) is 2.13. The molecule has 0 saturated heterocycles. The van der Waals surface area contributed by atoms with Gasteiger partial charge in [-0.25, -0.2) is 9.67 Å². The lowest BCUT2D eigenvalue weighted by Gasteiger charge is -2.11. The third-order valence-corrected chi connectivity index (χ3v) is 3.19. The summed E-state index contributed by atoms with van der Waals surface area (Å²) in [6, 6.07) is 10.1. The molecule has 0 amide bonds. The number of halogens is 1. The van der Waals surface area contributed by atoms with Crippen LogP contribution in [0.1, 0.15) is 43.8 Å². The van der Waals surface area contributed by atoms with Crippen molar-refractivity contribution in [1.82, 2.24) is 14.8 Å². The van der Waals surface area contributed by atoms with Crippen LogP contribution in [-0.2, 0) is 0 Å². The monoisotopic (exact) mass is 309 g/mol. The fourth-order valence-corrected chi connectivity index (χ4v) is 2.49. The van der Waals surface area contributed by atoms with E-state index in [4.69, 9.17) is 0 Å². The Morgan fingerprint density at radius 3 is 2.61 bits per heavy atom. The van der Waals surface area contributed by atoms with Gasteiger partial charge in [0, 0.05) is 6.42 Å². The summed E-state index contributed by atoms with van der Waals surface area (Å²) in [5, 5.41) is 14.1. The number of rotatable bonds is 1. The van der Waals surface area contributed by atoms with Gasteiger partial charge in [-0.1, -0.05) is 44.2 Å². The SMILES string of the molecule is CC.OC1CC(c2ccccc2)n2nc(Br)nc21. The van der Waals surface area contributed by atoms with Crippen LogP contribution in [0.3, 0.4) is 0 Å². The van der Waals surface area contributed by atoms with Gasteiger partial charge in [-0.2, -0.15) is 0 Å². The second-order valence-electron chi connectivity index (χ2n) is 3.86. The number of aromatic nitrogens is 3. The molecule has 2 atom stereocenters. The van der Waals surface area contributed by atoms with Crippen molar-refractivity contribution < 1.29 is 5.11 Å². The summed E-state index contributed by atoms with van der Waals surface area (Å²) < 4.78 is 2.33. The minimum atomic E-state index is -0.524. The van der Waals surface area contributed by atoms with Crippen LogP contribution >= 0.6 is 15.9 Å². The quantitative estimate of drug-likeness (QED) is 0.880. The Balaban J connectivity index is 0.000000574. The number of aliphatic hydroxyl groups excluding tert-OH is 1. The molecule has 0 bridgehead atoms. The summed E-state index contributed by atoms with van der Waals surface area (Å²) in [5.41, 5.74) is 1.15. The molecule has 1 aromatic carbocycles. The summed E-state index contributed by atoms with van der Waals surface area (Å²) in [5.74, 6) is 0.640. The normalized spacial score (nSPS) is 21.1. The van der Waals surface area contributed by atoms with Crippen molar-refractivity contribution in [3.05, 3.63) is 46.5 Å². The first-order valence-corrected chi connectivity index (χ1v) is 6.90. The number of benzene rings is 1. The highest BCUT2D eigenvalue weighted by Gasteiger charge is 2.33. The molecule has 3 rings (SSSR count). The van der Waals surface area contributed by atoms with Crippen molar-refractivity contribution in [2.24, 2.45) is 0 Å². The molecule has 1 aliphatic heterocycles. The Morgan fingerprint density at radius 2 is 1.94 bits per heavy atom. The minimum absolute atomic E-state index is 0.0880. The molecule has 96 valence electrons. The molecular formula is C13H16BrN3O. The molecule has 2 unspecified atom stereocenters. The lowest BCUT2D eigenvalue weighted by atomic mass is 10.0. The van der Waals surface area contributed by atoms with Gasteiger partial charge in [0.25, 0.3) is 0 Å². The van der Waals surface area contributed by atoms with Gasteiger partial charge >= 0.3 is 0 Å². The maximum atomic E-state index is 9.88. The summed E-state index contributed by atoms with van der Waals surface area (Å²) in [7, 11) is 0. The Labute approximate surface area is 115 Å². The van der Waals surface area contributed by atoms with Crippen LogP contribution < -0.4 is 0 Å². The van der Waals surface area contributed by atoms with Gasteiger partial charge < -0.3 is 5.11 Å². The predicted octanol–water partition coefficient (Wildman–Crippen LogP) is 3.09. The van der Waals surface area contributed by atoms with E-state index >= 15 is 0 Å². The van der Waals surface area contributed by atoms with Gasteiger partial charge in [0.2, 0.25) is 4.73 Å². The highest BCUT2D eigenvalue weighted by Crippen LogP contribution is 2.37. The van der Waals surface area contributed by atoms with Gasteiger partial charge in [0.15, 0.2) is 5.82 Å². The number of nitrogens with zero attached hydrogens (tertiary/aromatic N) is 3. The molecule has 1 aliphatic rings. The molecule has 1 aromatic heterocycles. The van der Waals surface area contributed by atoms with Gasteiger partial charge in [0.1, 0.15) is 6.10 Å². The molecule has 18 heavy (non-hydrogen) atoms. The molecule has 2 aromatic rings. The van der Waals surface area contributed by atoms with Crippen LogP contribution in [0.15, 0.2) is 35.1 Å². The zero-order valence-electron chi connectivity index (χ0n) is 10.4. The number of hydrogen-bond acceptors (Lipinski definition) is 3. The van der Waals surface area contributed by atoms with Crippen LogP contribution in [-0.4, -0.2) is 19.9 Å². The maximum absolute atomic E-state index is 9.88. The zero-order chi connectivity index (χ0) is 13.1. The zero-order valence-corrected chi connectivity index (χ0v) is 12.0. The van der Waals surface area contributed by atoms with Crippen molar-refractivity contribution in [1.29, 1.82) is 0 Å².